The van der Waals surface area contributed by atoms with Crippen LogP contribution < -0.4 is 5.32 Å². The summed E-state index contributed by atoms with van der Waals surface area (Å²) in [7, 11) is -3.18. The molecular formula is C14H19FN2O3S. The number of aryl methyl sites for hydroxylation is 1. The van der Waals surface area contributed by atoms with Gasteiger partial charge in [0.15, 0.2) is 0 Å². The van der Waals surface area contributed by atoms with Crippen molar-refractivity contribution in [3.05, 3.63) is 35.1 Å². The molecule has 21 heavy (non-hydrogen) atoms. The van der Waals surface area contributed by atoms with E-state index in [1.54, 1.807) is 13.0 Å². The summed E-state index contributed by atoms with van der Waals surface area (Å²) in [4.78, 5) is 12.0. The first-order valence-electron chi connectivity index (χ1n) is 6.79. The van der Waals surface area contributed by atoms with Crippen LogP contribution in [0.4, 0.5) is 4.39 Å². The molecule has 7 heteroatoms. The van der Waals surface area contributed by atoms with E-state index in [4.69, 9.17) is 0 Å². The van der Waals surface area contributed by atoms with Gasteiger partial charge in [0.1, 0.15) is 5.82 Å². The van der Waals surface area contributed by atoms with E-state index in [1.165, 1.54) is 22.7 Å². The van der Waals surface area contributed by atoms with Crippen LogP contribution in [-0.4, -0.2) is 44.0 Å². The van der Waals surface area contributed by atoms with Crippen LogP contribution >= 0.6 is 0 Å². The van der Waals surface area contributed by atoms with Crippen molar-refractivity contribution < 1.29 is 17.6 Å². The topological polar surface area (TPSA) is 66.5 Å². The molecule has 2 rings (SSSR count). The van der Waals surface area contributed by atoms with Crippen molar-refractivity contribution in [2.45, 2.75) is 25.8 Å². The van der Waals surface area contributed by atoms with Gasteiger partial charge in [-0.05, 0) is 37.5 Å². The van der Waals surface area contributed by atoms with Crippen molar-refractivity contribution >= 4 is 15.9 Å². The second kappa shape index (κ2) is 6.11. The SMILES string of the molecule is Cc1ccc(C(=O)NC2CCN(S(C)(=O)=O)CC2)c(F)c1. The van der Waals surface area contributed by atoms with Gasteiger partial charge in [-0.25, -0.2) is 17.1 Å². The van der Waals surface area contributed by atoms with Crippen LogP contribution in [0.1, 0.15) is 28.8 Å². The number of halogens is 1. The van der Waals surface area contributed by atoms with E-state index in [-0.39, 0.29) is 11.6 Å². The maximum Gasteiger partial charge on any atom is 0.254 e. The van der Waals surface area contributed by atoms with Crippen LogP contribution in [0.5, 0.6) is 0 Å². The monoisotopic (exact) mass is 314 g/mol. The first-order valence-corrected chi connectivity index (χ1v) is 8.64. The number of carbonyl (C=O) groups excluding carboxylic acids is 1. The predicted molar refractivity (Wildman–Crippen MR) is 78.0 cm³/mol. The molecule has 1 heterocycles. The van der Waals surface area contributed by atoms with Crippen molar-refractivity contribution in [3.8, 4) is 0 Å². The van der Waals surface area contributed by atoms with Gasteiger partial charge in [0.2, 0.25) is 10.0 Å². The average molecular weight is 314 g/mol. The van der Waals surface area contributed by atoms with Crippen LogP contribution in [0.15, 0.2) is 18.2 Å². The molecule has 1 amide bonds. The van der Waals surface area contributed by atoms with Gasteiger partial charge in [-0.2, -0.15) is 0 Å². The number of hydrogen-bond acceptors (Lipinski definition) is 3. The normalized spacial score (nSPS) is 17.7. The number of sulfonamides is 1. The minimum absolute atomic E-state index is 0.0196. The quantitative estimate of drug-likeness (QED) is 0.914. The van der Waals surface area contributed by atoms with Crippen molar-refractivity contribution in [2.24, 2.45) is 0 Å². The fraction of sp³-hybridized carbons (Fsp3) is 0.500. The Morgan fingerprint density at radius 3 is 2.48 bits per heavy atom. The van der Waals surface area contributed by atoms with Crippen molar-refractivity contribution in [1.82, 2.24) is 9.62 Å². The fourth-order valence-corrected chi connectivity index (χ4v) is 3.27. The van der Waals surface area contributed by atoms with Gasteiger partial charge < -0.3 is 5.32 Å². The third-order valence-corrected chi connectivity index (χ3v) is 4.93. The first kappa shape index (κ1) is 15.9. The lowest BCUT2D eigenvalue weighted by molar-refractivity contribution is 0.0920. The summed E-state index contributed by atoms with van der Waals surface area (Å²) in [5.41, 5.74) is 0.775. The molecule has 5 nitrogen and oxygen atoms in total. The highest BCUT2D eigenvalue weighted by Gasteiger charge is 2.26. The first-order chi connectivity index (χ1) is 9.77. The lowest BCUT2D eigenvalue weighted by Crippen LogP contribution is -2.46. The third-order valence-electron chi connectivity index (χ3n) is 3.63. The van der Waals surface area contributed by atoms with E-state index in [0.29, 0.717) is 25.9 Å². The molecule has 116 valence electrons. The van der Waals surface area contributed by atoms with Crippen LogP contribution in [0.2, 0.25) is 0 Å². The summed E-state index contributed by atoms with van der Waals surface area (Å²) in [5.74, 6) is -0.994. The maximum absolute atomic E-state index is 13.7. The van der Waals surface area contributed by atoms with E-state index in [0.717, 1.165) is 5.56 Å². The van der Waals surface area contributed by atoms with Gasteiger partial charge in [-0.3, -0.25) is 4.79 Å². The smallest absolute Gasteiger partial charge is 0.254 e. The summed E-state index contributed by atoms with van der Waals surface area (Å²) in [6.07, 6.45) is 2.24. The van der Waals surface area contributed by atoms with E-state index in [1.807, 2.05) is 0 Å². The van der Waals surface area contributed by atoms with Crippen molar-refractivity contribution in [2.75, 3.05) is 19.3 Å². The van der Waals surface area contributed by atoms with Gasteiger partial charge in [0.25, 0.3) is 5.91 Å². The Balaban J connectivity index is 1.96. The minimum atomic E-state index is -3.18. The summed E-state index contributed by atoms with van der Waals surface area (Å²) >= 11 is 0. The Kier molecular flexibility index (Phi) is 4.63. The molecule has 0 aliphatic carbocycles. The fourth-order valence-electron chi connectivity index (χ4n) is 2.40. The molecule has 1 N–H and O–H groups in total. The third kappa shape index (κ3) is 4.01. The molecule has 0 radical (unpaired) electrons. The Morgan fingerprint density at radius 2 is 1.95 bits per heavy atom. The molecular weight excluding hydrogens is 295 g/mol. The highest BCUT2D eigenvalue weighted by molar-refractivity contribution is 7.88. The Morgan fingerprint density at radius 1 is 1.33 bits per heavy atom. The van der Waals surface area contributed by atoms with Crippen LogP contribution in [0.3, 0.4) is 0 Å². The van der Waals surface area contributed by atoms with Crippen molar-refractivity contribution in [1.29, 1.82) is 0 Å². The second-order valence-corrected chi connectivity index (χ2v) is 7.38. The number of benzene rings is 1. The maximum atomic E-state index is 13.7. The van der Waals surface area contributed by atoms with E-state index in [9.17, 15) is 17.6 Å². The summed E-state index contributed by atoms with van der Waals surface area (Å²) < 4.78 is 37.9. The molecule has 1 fully saturated rings. The molecule has 0 atom stereocenters. The van der Waals surface area contributed by atoms with Crippen LogP contribution in [0.25, 0.3) is 0 Å². The molecule has 1 aromatic carbocycles. The molecule has 0 bridgehead atoms. The molecule has 1 saturated heterocycles. The van der Waals surface area contributed by atoms with Crippen LogP contribution in [0, 0.1) is 12.7 Å². The molecule has 0 spiro atoms. The van der Waals surface area contributed by atoms with Gasteiger partial charge in [0, 0.05) is 19.1 Å². The molecule has 0 saturated carbocycles. The number of piperidine rings is 1. The molecule has 0 unspecified atom stereocenters. The minimum Gasteiger partial charge on any atom is -0.349 e. The van der Waals surface area contributed by atoms with Gasteiger partial charge in [-0.1, -0.05) is 6.07 Å². The zero-order valence-electron chi connectivity index (χ0n) is 12.1. The molecule has 1 aliphatic heterocycles. The number of hydrogen-bond donors (Lipinski definition) is 1. The van der Waals surface area contributed by atoms with E-state index >= 15 is 0 Å². The summed E-state index contributed by atoms with van der Waals surface area (Å²) in [6, 6.07) is 4.34. The number of nitrogens with zero attached hydrogens (tertiary/aromatic N) is 1. The number of carbonyl (C=O) groups is 1. The van der Waals surface area contributed by atoms with E-state index in [2.05, 4.69) is 5.32 Å². The predicted octanol–water partition coefficient (Wildman–Crippen LogP) is 1.29. The lowest BCUT2D eigenvalue weighted by atomic mass is 10.1. The summed E-state index contributed by atoms with van der Waals surface area (Å²) in [5, 5.41) is 2.77. The standard InChI is InChI=1S/C14H19FN2O3S/c1-10-3-4-12(13(15)9-10)14(18)16-11-5-7-17(8-6-11)21(2,19)20/h3-4,9,11H,5-8H2,1-2H3,(H,16,18). The van der Waals surface area contributed by atoms with Gasteiger partial charge >= 0.3 is 0 Å². The Bertz CT molecular complexity index is 638. The van der Waals surface area contributed by atoms with Gasteiger partial charge in [-0.15, -0.1) is 0 Å². The zero-order chi connectivity index (χ0) is 15.6. The molecule has 1 aliphatic rings. The Labute approximate surface area is 124 Å². The highest BCUT2D eigenvalue weighted by Crippen LogP contribution is 2.15. The Hall–Kier alpha value is -1.47. The number of rotatable bonds is 3. The van der Waals surface area contributed by atoms with E-state index < -0.39 is 21.7 Å². The summed E-state index contributed by atoms with van der Waals surface area (Å²) in [6.45, 7) is 2.51. The molecule has 1 aromatic rings. The van der Waals surface area contributed by atoms with Crippen LogP contribution in [-0.2, 0) is 10.0 Å². The molecule has 0 aromatic heterocycles. The number of nitrogens with one attached hydrogen (secondary N) is 1. The van der Waals surface area contributed by atoms with Crippen molar-refractivity contribution in [3.63, 3.8) is 0 Å². The van der Waals surface area contributed by atoms with Gasteiger partial charge in [0.05, 0.1) is 11.8 Å². The average Bonchev–Trinajstić information content (AvgIpc) is 2.38. The second-order valence-electron chi connectivity index (χ2n) is 5.39. The highest BCUT2D eigenvalue weighted by atomic mass is 32.2. The number of amides is 1. The lowest BCUT2D eigenvalue weighted by Gasteiger charge is -2.30. The zero-order valence-corrected chi connectivity index (χ0v) is 12.9. The largest absolute Gasteiger partial charge is 0.349 e.